The Kier molecular flexibility index (Phi) is 33.4. The highest BCUT2D eigenvalue weighted by Crippen LogP contribution is 2.35. The van der Waals surface area contributed by atoms with Crippen LogP contribution in [0.25, 0.3) is 0 Å². The standard InChI is InChI=1S/C39H69O8P/c1-3-5-7-9-11-13-15-17-18-19-20-22-23-25-27-29-31-33-38(40)45-35-37(36-46-48(42,43)44)47-39(41)34-32-30-28-26-24-21-16-14-12-10-8-6-4-2/h6,8,12,14,21,24,28,30,37H,3-5,7,9-11,13,15-20,22-23,25-27,29,31-36H2,1-2H3,(H2,42,43,44)/b8-6-,14-12-,24-21-,30-28-. The van der Waals surface area contributed by atoms with Crippen molar-refractivity contribution >= 4 is 19.8 Å². The van der Waals surface area contributed by atoms with Gasteiger partial charge >= 0.3 is 19.8 Å². The zero-order chi connectivity index (χ0) is 35.4. The zero-order valence-electron chi connectivity index (χ0n) is 30.4. The predicted molar refractivity (Wildman–Crippen MR) is 198 cm³/mol. The van der Waals surface area contributed by atoms with Crippen molar-refractivity contribution in [3.05, 3.63) is 48.6 Å². The number of phosphoric ester groups is 1. The molecule has 2 N–H and O–H groups in total. The lowest BCUT2D eigenvalue weighted by Crippen LogP contribution is -2.29. The number of unbranched alkanes of at least 4 members (excludes halogenated alkanes) is 16. The summed E-state index contributed by atoms with van der Waals surface area (Å²) in [6.07, 6.45) is 41.4. The van der Waals surface area contributed by atoms with Gasteiger partial charge in [0.1, 0.15) is 6.61 Å². The first-order chi connectivity index (χ1) is 23.3. The van der Waals surface area contributed by atoms with Gasteiger partial charge in [-0.05, 0) is 38.5 Å². The number of hydrogen-bond acceptors (Lipinski definition) is 6. The third-order valence-corrected chi connectivity index (χ3v) is 8.36. The Morgan fingerprint density at radius 3 is 1.46 bits per heavy atom. The van der Waals surface area contributed by atoms with Gasteiger partial charge in [0.2, 0.25) is 0 Å². The van der Waals surface area contributed by atoms with Gasteiger partial charge in [-0.2, -0.15) is 0 Å². The van der Waals surface area contributed by atoms with Crippen molar-refractivity contribution in [1.82, 2.24) is 0 Å². The van der Waals surface area contributed by atoms with Gasteiger partial charge in [-0.15, -0.1) is 0 Å². The highest BCUT2D eigenvalue weighted by Gasteiger charge is 2.22. The summed E-state index contributed by atoms with van der Waals surface area (Å²) < 4.78 is 26.2. The lowest BCUT2D eigenvalue weighted by molar-refractivity contribution is -0.161. The summed E-state index contributed by atoms with van der Waals surface area (Å²) >= 11 is 0. The Morgan fingerprint density at radius 1 is 0.562 bits per heavy atom. The fourth-order valence-corrected chi connectivity index (χ4v) is 5.45. The second-order valence-electron chi connectivity index (χ2n) is 12.5. The number of allylic oxidation sites excluding steroid dienone is 8. The summed E-state index contributed by atoms with van der Waals surface area (Å²) in [5, 5.41) is 0. The third kappa shape index (κ3) is 36.8. The average Bonchev–Trinajstić information content (AvgIpc) is 3.05. The highest BCUT2D eigenvalue weighted by atomic mass is 31.2. The Labute approximate surface area is 293 Å². The molecule has 0 amide bonds. The van der Waals surface area contributed by atoms with Gasteiger partial charge in [0.25, 0.3) is 0 Å². The Balaban J connectivity index is 4.01. The molecule has 0 aromatic rings. The van der Waals surface area contributed by atoms with Crippen molar-refractivity contribution in [3.8, 4) is 0 Å². The van der Waals surface area contributed by atoms with E-state index in [1.165, 1.54) is 89.9 Å². The number of esters is 2. The van der Waals surface area contributed by atoms with Crippen molar-refractivity contribution in [3.63, 3.8) is 0 Å². The van der Waals surface area contributed by atoms with Gasteiger partial charge in [-0.25, -0.2) is 4.57 Å². The van der Waals surface area contributed by atoms with Crippen LogP contribution >= 0.6 is 7.82 Å². The minimum Gasteiger partial charge on any atom is -0.462 e. The SMILES string of the molecule is CC/C=C\C/C=C\C/C=C\C/C=C\CCC(=O)OC(COC(=O)CCCCCCCCCCCCCCCCCCC)COP(=O)(O)O. The molecule has 1 unspecified atom stereocenters. The van der Waals surface area contributed by atoms with Gasteiger partial charge in [-0.1, -0.05) is 165 Å². The minimum atomic E-state index is -4.77. The number of carbonyl (C=O) groups excluding carboxylic acids is 2. The van der Waals surface area contributed by atoms with Gasteiger partial charge in [0, 0.05) is 12.8 Å². The first-order valence-electron chi connectivity index (χ1n) is 18.9. The fraction of sp³-hybridized carbons (Fsp3) is 0.744. The van der Waals surface area contributed by atoms with Crippen molar-refractivity contribution in [2.45, 2.75) is 174 Å². The smallest absolute Gasteiger partial charge is 0.462 e. The van der Waals surface area contributed by atoms with Gasteiger partial charge in [0.15, 0.2) is 6.10 Å². The van der Waals surface area contributed by atoms with Gasteiger partial charge in [0.05, 0.1) is 6.61 Å². The summed E-state index contributed by atoms with van der Waals surface area (Å²) in [6, 6.07) is 0. The molecule has 0 aromatic carbocycles. The number of carbonyl (C=O) groups is 2. The molecule has 9 heteroatoms. The Morgan fingerprint density at radius 2 is 1.00 bits per heavy atom. The Hall–Kier alpha value is -1.99. The maximum Gasteiger partial charge on any atom is 0.469 e. The van der Waals surface area contributed by atoms with Crippen molar-refractivity contribution in [1.29, 1.82) is 0 Å². The van der Waals surface area contributed by atoms with Crippen molar-refractivity contribution in [2.24, 2.45) is 0 Å². The largest absolute Gasteiger partial charge is 0.469 e. The highest BCUT2D eigenvalue weighted by molar-refractivity contribution is 7.46. The van der Waals surface area contributed by atoms with Crippen LogP contribution in [0.5, 0.6) is 0 Å². The van der Waals surface area contributed by atoms with Crippen LogP contribution in [0.3, 0.4) is 0 Å². The summed E-state index contributed by atoms with van der Waals surface area (Å²) in [5.74, 6) is -0.978. The van der Waals surface area contributed by atoms with E-state index in [-0.39, 0.29) is 19.4 Å². The maximum atomic E-state index is 12.3. The van der Waals surface area contributed by atoms with Crippen LogP contribution in [0.4, 0.5) is 0 Å². The van der Waals surface area contributed by atoms with Gasteiger partial charge in [-0.3, -0.25) is 14.1 Å². The summed E-state index contributed by atoms with van der Waals surface area (Å²) in [5.41, 5.74) is 0. The molecule has 0 spiro atoms. The zero-order valence-corrected chi connectivity index (χ0v) is 31.3. The molecule has 0 heterocycles. The fourth-order valence-electron chi connectivity index (χ4n) is 5.09. The van der Waals surface area contributed by atoms with Crippen LogP contribution in [0.2, 0.25) is 0 Å². The minimum absolute atomic E-state index is 0.0911. The van der Waals surface area contributed by atoms with E-state index in [4.69, 9.17) is 19.3 Å². The second kappa shape index (κ2) is 34.9. The molecule has 278 valence electrons. The molecular formula is C39H69O8P. The summed E-state index contributed by atoms with van der Waals surface area (Å²) in [7, 11) is -4.77. The van der Waals surface area contributed by atoms with Crippen LogP contribution in [-0.4, -0.2) is 41.0 Å². The molecule has 0 rings (SSSR count). The summed E-state index contributed by atoms with van der Waals surface area (Å²) in [4.78, 5) is 42.6. The van der Waals surface area contributed by atoms with Gasteiger partial charge < -0.3 is 19.3 Å². The molecule has 0 radical (unpaired) electrons. The molecule has 0 bridgehead atoms. The van der Waals surface area contributed by atoms with E-state index in [9.17, 15) is 14.2 Å². The van der Waals surface area contributed by atoms with Crippen LogP contribution in [0, 0.1) is 0 Å². The van der Waals surface area contributed by atoms with E-state index < -0.39 is 32.5 Å². The lowest BCUT2D eigenvalue weighted by Gasteiger charge is -2.18. The van der Waals surface area contributed by atoms with Crippen LogP contribution in [0.1, 0.15) is 168 Å². The van der Waals surface area contributed by atoms with Crippen molar-refractivity contribution < 1.29 is 37.9 Å². The topological polar surface area (TPSA) is 119 Å². The van der Waals surface area contributed by atoms with E-state index in [0.717, 1.165) is 44.9 Å². The molecule has 0 saturated carbocycles. The van der Waals surface area contributed by atoms with Crippen molar-refractivity contribution in [2.75, 3.05) is 13.2 Å². The van der Waals surface area contributed by atoms with Crippen LogP contribution in [-0.2, 0) is 28.2 Å². The number of phosphoric acid groups is 1. The molecule has 0 aliphatic carbocycles. The number of hydrogen-bond donors (Lipinski definition) is 2. The molecule has 0 aliphatic rings. The predicted octanol–water partition coefficient (Wildman–Crippen LogP) is 11.2. The van der Waals surface area contributed by atoms with E-state index in [2.05, 4.69) is 54.8 Å². The van der Waals surface area contributed by atoms with Crippen LogP contribution in [0.15, 0.2) is 48.6 Å². The Bertz CT molecular complexity index is 921. The number of rotatable bonds is 34. The van der Waals surface area contributed by atoms with Crippen LogP contribution < -0.4 is 0 Å². The van der Waals surface area contributed by atoms with E-state index >= 15 is 0 Å². The summed E-state index contributed by atoms with van der Waals surface area (Å²) in [6.45, 7) is 3.50. The molecule has 8 nitrogen and oxygen atoms in total. The molecule has 0 saturated heterocycles. The third-order valence-electron chi connectivity index (χ3n) is 7.88. The molecule has 0 aromatic heterocycles. The van der Waals surface area contributed by atoms with E-state index in [0.29, 0.717) is 6.42 Å². The first-order valence-corrected chi connectivity index (χ1v) is 20.5. The average molecular weight is 697 g/mol. The monoisotopic (exact) mass is 696 g/mol. The molecule has 0 aliphatic heterocycles. The quantitative estimate of drug-likeness (QED) is 0.0295. The second-order valence-corrected chi connectivity index (χ2v) is 13.8. The molecule has 0 fully saturated rings. The number of ether oxygens (including phenoxy) is 2. The van der Waals surface area contributed by atoms with E-state index in [1.54, 1.807) is 0 Å². The normalized spacial score (nSPS) is 13.0. The molecule has 1 atom stereocenters. The molecule has 48 heavy (non-hydrogen) atoms. The molecular weight excluding hydrogens is 627 g/mol. The lowest BCUT2D eigenvalue weighted by atomic mass is 10.0. The van der Waals surface area contributed by atoms with E-state index in [1.807, 2.05) is 12.2 Å². The first kappa shape index (κ1) is 46.0. The maximum absolute atomic E-state index is 12.3.